The fourth-order valence-corrected chi connectivity index (χ4v) is 2.51. The number of likely N-dealkylation sites (N-methyl/N-ethyl adjacent to an activating group) is 1. The van der Waals surface area contributed by atoms with E-state index in [9.17, 15) is 4.79 Å². The molecule has 0 unspecified atom stereocenters. The van der Waals surface area contributed by atoms with Gasteiger partial charge >= 0.3 is 0 Å². The minimum atomic E-state index is -0.149. The van der Waals surface area contributed by atoms with E-state index in [1.54, 1.807) is 7.05 Å². The van der Waals surface area contributed by atoms with Crippen LogP contribution in [-0.2, 0) is 0 Å². The standard InChI is InChI=1S/C12H23N5OS/c1-4-7-17(5-2)8-6-15-11(18)9-10(13)16-12(14-3)19-9/h4-8,13H2,1-3H3,(H,14,16)(H,15,18). The molecular weight excluding hydrogens is 262 g/mol. The maximum atomic E-state index is 12.0. The minimum absolute atomic E-state index is 0.149. The van der Waals surface area contributed by atoms with Gasteiger partial charge in [-0.25, -0.2) is 4.98 Å². The Balaban J connectivity index is 2.44. The van der Waals surface area contributed by atoms with Crippen molar-refractivity contribution < 1.29 is 4.79 Å². The van der Waals surface area contributed by atoms with Crippen molar-refractivity contribution in [2.24, 2.45) is 0 Å². The van der Waals surface area contributed by atoms with E-state index < -0.39 is 0 Å². The molecule has 0 aliphatic carbocycles. The van der Waals surface area contributed by atoms with Crippen LogP contribution in [0.15, 0.2) is 0 Å². The Morgan fingerprint density at radius 1 is 1.42 bits per heavy atom. The molecule has 0 bridgehead atoms. The highest BCUT2D eigenvalue weighted by Crippen LogP contribution is 2.23. The van der Waals surface area contributed by atoms with Gasteiger partial charge in [-0.2, -0.15) is 0 Å². The molecule has 0 spiro atoms. The Hall–Kier alpha value is -1.34. The monoisotopic (exact) mass is 285 g/mol. The lowest BCUT2D eigenvalue weighted by molar-refractivity contribution is 0.0953. The molecule has 0 fully saturated rings. The molecule has 6 nitrogen and oxygen atoms in total. The van der Waals surface area contributed by atoms with Gasteiger partial charge in [-0.3, -0.25) is 4.79 Å². The number of rotatable bonds is 8. The molecule has 1 heterocycles. The summed E-state index contributed by atoms with van der Waals surface area (Å²) < 4.78 is 0. The fourth-order valence-electron chi connectivity index (χ4n) is 1.75. The predicted molar refractivity (Wildman–Crippen MR) is 80.8 cm³/mol. The van der Waals surface area contributed by atoms with Crippen molar-refractivity contribution in [3.8, 4) is 0 Å². The SMILES string of the molecule is CCCN(CC)CCNC(=O)c1sc(NC)nc1N. The van der Waals surface area contributed by atoms with Gasteiger partial charge in [-0.05, 0) is 19.5 Å². The van der Waals surface area contributed by atoms with Crippen molar-refractivity contribution in [1.29, 1.82) is 0 Å². The number of nitrogens with zero attached hydrogens (tertiary/aromatic N) is 2. The zero-order valence-electron chi connectivity index (χ0n) is 11.8. The van der Waals surface area contributed by atoms with Crippen LogP contribution in [0.25, 0.3) is 0 Å². The third-order valence-corrected chi connectivity index (χ3v) is 3.86. The van der Waals surface area contributed by atoms with E-state index >= 15 is 0 Å². The van der Waals surface area contributed by atoms with Crippen molar-refractivity contribution in [1.82, 2.24) is 15.2 Å². The van der Waals surface area contributed by atoms with Crippen LogP contribution < -0.4 is 16.4 Å². The lowest BCUT2D eigenvalue weighted by Gasteiger charge is -2.19. The smallest absolute Gasteiger partial charge is 0.265 e. The zero-order valence-corrected chi connectivity index (χ0v) is 12.6. The summed E-state index contributed by atoms with van der Waals surface area (Å²) in [6, 6.07) is 0. The summed E-state index contributed by atoms with van der Waals surface area (Å²) in [6.45, 7) is 7.80. The summed E-state index contributed by atoms with van der Waals surface area (Å²) in [6.07, 6.45) is 1.12. The Labute approximate surface area is 118 Å². The first kappa shape index (κ1) is 15.7. The number of carbonyl (C=O) groups excluding carboxylic acids is 1. The third kappa shape index (κ3) is 4.68. The number of nitrogen functional groups attached to an aromatic ring is 1. The molecule has 0 aromatic carbocycles. The number of anilines is 2. The van der Waals surface area contributed by atoms with Crippen LogP contribution in [0.2, 0.25) is 0 Å². The fraction of sp³-hybridized carbons (Fsp3) is 0.667. The molecule has 19 heavy (non-hydrogen) atoms. The molecule has 4 N–H and O–H groups in total. The molecule has 0 aliphatic heterocycles. The Bertz CT molecular complexity index is 407. The van der Waals surface area contributed by atoms with E-state index in [0.717, 1.165) is 26.1 Å². The zero-order chi connectivity index (χ0) is 14.3. The topological polar surface area (TPSA) is 83.3 Å². The molecule has 1 rings (SSSR count). The number of amides is 1. The van der Waals surface area contributed by atoms with E-state index in [-0.39, 0.29) is 11.7 Å². The van der Waals surface area contributed by atoms with E-state index in [1.165, 1.54) is 11.3 Å². The quantitative estimate of drug-likeness (QED) is 0.669. The first-order valence-corrected chi connectivity index (χ1v) is 7.38. The van der Waals surface area contributed by atoms with Crippen LogP contribution in [-0.4, -0.2) is 49.0 Å². The van der Waals surface area contributed by atoms with Crippen LogP contribution in [0.5, 0.6) is 0 Å². The van der Waals surface area contributed by atoms with Gasteiger partial charge < -0.3 is 21.3 Å². The van der Waals surface area contributed by atoms with Crippen LogP contribution in [0.4, 0.5) is 10.9 Å². The first-order chi connectivity index (χ1) is 9.12. The maximum Gasteiger partial charge on any atom is 0.265 e. The molecular formula is C12H23N5OS. The molecule has 1 aromatic heterocycles. The maximum absolute atomic E-state index is 12.0. The Morgan fingerprint density at radius 3 is 2.68 bits per heavy atom. The minimum Gasteiger partial charge on any atom is -0.382 e. The molecule has 0 saturated carbocycles. The lowest BCUT2D eigenvalue weighted by atomic mass is 10.4. The number of aromatic nitrogens is 1. The number of carbonyl (C=O) groups is 1. The second-order valence-electron chi connectivity index (χ2n) is 4.17. The van der Waals surface area contributed by atoms with Crippen LogP contribution in [0.3, 0.4) is 0 Å². The van der Waals surface area contributed by atoms with Crippen LogP contribution in [0, 0.1) is 0 Å². The van der Waals surface area contributed by atoms with Crippen molar-refractivity contribution in [3.05, 3.63) is 4.88 Å². The lowest BCUT2D eigenvalue weighted by Crippen LogP contribution is -2.35. The summed E-state index contributed by atoms with van der Waals surface area (Å²) in [4.78, 5) is 18.8. The Morgan fingerprint density at radius 2 is 2.16 bits per heavy atom. The molecule has 0 saturated heterocycles. The third-order valence-electron chi connectivity index (χ3n) is 2.77. The molecule has 0 radical (unpaired) electrons. The van der Waals surface area contributed by atoms with Gasteiger partial charge in [0.15, 0.2) is 5.13 Å². The summed E-state index contributed by atoms with van der Waals surface area (Å²) in [5.41, 5.74) is 5.71. The summed E-state index contributed by atoms with van der Waals surface area (Å²) >= 11 is 1.27. The second kappa shape index (κ2) is 7.96. The first-order valence-electron chi connectivity index (χ1n) is 6.56. The number of thiazole rings is 1. The summed E-state index contributed by atoms with van der Waals surface area (Å²) in [5, 5.41) is 6.42. The highest BCUT2D eigenvalue weighted by molar-refractivity contribution is 7.18. The van der Waals surface area contributed by atoms with Crippen molar-refractivity contribution >= 4 is 28.2 Å². The normalized spacial score (nSPS) is 10.7. The van der Waals surface area contributed by atoms with Crippen molar-refractivity contribution in [2.75, 3.05) is 44.3 Å². The molecule has 1 aromatic rings. The van der Waals surface area contributed by atoms with Crippen LogP contribution >= 0.6 is 11.3 Å². The van der Waals surface area contributed by atoms with Crippen molar-refractivity contribution in [2.45, 2.75) is 20.3 Å². The highest BCUT2D eigenvalue weighted by atomic mass is 32.1. The average molecular weight is 285 g/mol. The van der Waals surface area contributed by atoms with Crippen molar-refractivity contribution in [3.63, 3.8) is 0 Å². The van der Waals surface area contributed by atoms with Gasteiger partial charge in [0.2, 0.25) is 0 Å². The number of hydrogen-bond donors (Lipinski definition) is 3. The number of nitrogens with two attached hydrogens (primary N) is 1. The van der Waals surface area contributed by atoms with Gasteiger partial charge in [0, 0.05) is 20.1 Å². The molecule has 7 heteroatoms. The van der Waals surface area contributed by atoms with E-state index in [4.69, 9.17) is 5.73 Å². The number of nitrogens with one attached hydrogen (secondary N) is 2. The summed E-state index contributed by atoms with van der Waals surface area (Å²) in [7, 11) is 1.75. The van der Waals surface area contributed by atoms with Gasteiger partial charge in [0.05, 0.1) is 0 Å². The van der Waals surface area contributed by atoms with E-state index in [1.807, 2.05) is 0 Å². The Kier molecular flexibility index (Phi) is 6.58. The predicted octanol–water partition coefficient (Wildman–Crippen LogP) is 1.23. The molecule has 1 amide bonds. The second-order valence-corrected chi connectivity index (χ2v) is 5.17. The molecule has 0 aliphatic rings. The average Bonchev–Trinajstić information content (AvgIpc) is 2.79. The summed E-state index contributed by atoms with van der Waals surface area (Å²) in [5.74, 6) is 0.136. The highest BCUT2D eigenvalue weighted by Gasteiger charge is 2.15. The van der Waals surface area contributed by atoms with Gasteiger partial charge in [-0.1, -0.05) is 25.2 Å². The molecule has 0 atom stereocenters. The van der Waals surface area contributed by atoms with Gasteiger partial charge in [0.25, 0.3) is 5.91 Å². The van der Waals surface area contributed by atoms with E-state index in [0.29, 0.717) is 16.6 Å². The number of hydrogen-bond acceptors (Lipinski definition) is 6. The molecule has 108 valence electrons. The van der Waals surface area contributed by atoms with Crippen LogP contribution in [0.1, 0.15) is 29.9 Å². The largest absolute Gasteiger partial charge is 0.382 e. The van der Waals surface area contributed by atoms with Gasteiger partial charge in [0.1, 0.15) is 10.7 Å². The van der Waals surface area contributed by atoms with Gasteiger partial charge in [-0.15, -0.1) is 0 Å². The van der Waals surface area contributed by atoms with E-state index in [2.05, 4.69) is 34.4 Å².